The number of likely N-dealkylation sites (tertiary alicyclic amines) is 2. The molecule has 1 N–H and O–H groups in total. The van der Waals surface area contributed by atoms with E-state index in [1.807, 2.05) is 6.92 Å². The second-order valence-corrected chi connectivity index (χ2v) is 5.13. The maximum atomic E-state index is 10.7. The Hall–Kier alpha value is -0.610. The molecule has 4 heteroatoms. The Balaban J connectivity index is 1.80. The zero-order valence-corrected chi connectivity index (χ0v) is 10.1. The highest BCUT2D eigenvalue weighted by Crippen LogP contribution is 2.22. The molecule has 0 aromatic carbocycles. The van der Waals surface area contributed by atoms with Crippen molar-refractivity contribution in [1.82, 2.24) is 9.80 Å². The third-order valence-corrected chi connectivity index (χ3v) is 3.95. The molecular weight excluding hydrogens is 204 g/mol. The van der Waals surface area contributed by atoms with Crippen molar-refractivity contribution < 1.29 is 9.90 Å². The summed E-state index contributed by atoms with van der Waals surface area (Å²) in [4.78, 5) is 15.6. The van der Waals surface area contributed by atoms with Gasteiger partial charge in [-0.1, -0.05) is 0 Å². The van der Waals surface area contributed by atoms with Crippen LogP contribution in [-0.2, 0) is 4.79 Å². The molecule has 2 unspecified atom stereocenters. The molecule has 0 aromatic heterocycles. The molecule has 0 saturated carbocycles. The molecule has 16 heavy (non-hydrogen) atoms. The van der Waals surface area contributed by atoms with E-state index in [0.717, 1.165) is 13.1 Å². The Morgan fingerprint density at radius 3 is 2.69 bits per heavy atom. The van der Waals surface area contributed by atoms with Gasteiger partial charge in [-0.2, -0.15) is 0 Å². The minimum Gasteiger partial charge on any atom is -0.481 e. The van der Waals surface area contributed by atoms with Gasteiger partial charge in [-0.3, -0.25) is 14.6 Å². The van der Waals surface area contributed by atoms with Crippen LogP contribution < -0.4 is 0 Å². The first-order valence-corrected chi connectivity index (χ1v) is 6.36. The van der Waals surface area contributed by atoms with Crippen molar-refractivity contribution in [3.05, 3.63) is 0 Å². The molecular formula is C12H22N2O2. The first-order valence-electron chi connectivity index (χ1n) is 6.36. The highest BCUT2D eigenvalue weighted by atomic mass is 16.4. The van der Waals surface area contributed by atoms with E-state index in [1.165, 1.54) is 32.4 Å². The molecule has 2 aliphatic rings. The number of carbonyl (C=O) groups is 1. The zero-order valence-electron chi connectivity index (χ0n) is 10.1. The molecule has 0 aliphatic carbocycles. The molecule has 2 heterocycles. The number of hydrogen-bond donors (Lipinski definition) is 1. The van der Waals surface area contributed by atoms with E-state index in [-0.39, 0.29) is 12.5 Å². The van der Waals surface area contributed by atoms with Crippen molar-refractivity contribution in [3.63, 3.8) is 0 Å². The lowest BCUT2D eigenvalue weighted by molar-refractivity contribution is -0.138. The first-order chi connectivity index (χ1) is 7.66. The number of rotatable bonds is 4. The van der Waals surface area contributed by atoms with E-state index >= 15 is 0 Å². The highest BCUT2D eigenvalue weighted by Gasteiger charge is 2.31. The Morgan fingerprint density at radius 1 is 1.38 bits per heavy atom. The van der Waals surface area contributed by atoms with Gasteiger partial charge in [0.2, 0.25) is 0 Å². The average Bonchev–Trinajstić information content (AvgIpc) is 2.87. The molecule has 0 amide bonds. The smallest absolute Gasteiger partial charge is 0.304 e. The van der Waals surface area contributed by atoms with Gasteiger partial charge < -0.3 is 5.11 Å². The van der Waals surface area contributed by atoms with Crippen LogP contribution >= 0.6 is 0 Å². The zero-order chi connectivity index (χ0) is 11.5. The molecule has 2 atom stereocenters. The summed E-state index contributed by atoms with van der Waals surface area (Å²) < 4.78 is 0. The summed E-state index contributed by atoms with van der Waals surface area (Å²) in [5.74, 6) is -0.683. The predicted octanol–water partition coefficient (Wildman–Crippen LogP) is 1.02. The van der Waals surface area contributed by atoms with Gasteiger partial charge in [-0.05, 0) is 39.3 Å². The van der Waals surface area contributed by atoms with E-state index < -0.39 is 5.97 Å². The van der Waals surface area contributed by atoms with Gasteiger partial charge in [0.05, 0.1) is 6.42 Å². The third-order valence-electron chi connectivity index (χ3n) is 3.95. The van der Waals surface area contributed by atoms with Crippen LogP contribution in [0.4, 0.5) is 0 Å². The van der Waals surface area contributed by atoms with Crippen LogP contribution in [0, 0.1) is 0 Å². The van der Waals surface area contributed by atoms with Gasteiger partial charge in [0.15, 0.2) is 0 Å². The lowest BCUT2D eigenvalue weighted by Gasteiger charge is -2.26. The summed E-state index contributed by atoms with van der Waals surface area (Å²) in [6.07, 6.45) is 4.15. The number of carboxylic acids is 1. The molecule has 0 spiro atoms. The molecule has 4 nitrogen and oxygen atoms in total. The summed E-state index contributed by atoms with van der Waals surface area (Å²) in [7, 11) is 0. The average molecular weight is 226 g/mol. The molecule has 92 valence electrons. The molecule has 0 aromatic rings. The number of nitrogens with zero attached hydrogens (tertiary/aromatic N) is 2. The molecule has 0 bridgehead atoms. The number of carboxylic acid groups (broad SMARTS) is 1. The monoisotopic (exact) mass is 226 g/mol. The fourth-order valence-electron chi connectivity index (χ4n) is 2.96. The second-order valence-electron chi connectivity index (χ2n) is 5.13. The highest BCUT2D eigenvalue weighted by molar-refractivity contribution is 5.67. The van der Waals surface area contributed by atoms with Crippen LogP contribution in [0.3, 0.4) is 0 Å². The molecule has 0 radical (unpaired) electrons. The van der Waals surface area contributed by atoms with Gasteiger partial charge in [-0.15, -0.1) is 0 Å². The topological polar surface area (TPSA) is 43.8 Å². The summed E-state index contributed by atoms with van der Waals surface area (Å²) in [5.41, 5.74) is 0. The van der Waals surface area contributed by atoms with Crippen LogP contribution in [0.2, 0.25) is 0 Å². The lowest BCUT2D eigenvalue weighted by Crippen LogP contribution is -2.38. The van der Waals surface area contributed by atoms with Crippen LogP contribution in [0.15, 0.2) is 0 Å². The molecule has 2 aliphatic heterocycles. The van der Waals surface area contributed by atoms with Crippen molar-refractivity contribution >= 4 is 5.97 Å². The van der Waals surface area contributed by atoms with E-state index in [4.69, 9.17) is 5.11 Å². The van der Waals surface area contributed by atoms with Crippen molar-refractivity contribution in [2.24, 2.45) is 0 Å². The Morgan fingerprint density at radius 2 is 2.06 bits per heavy atom. The van der Waals surface area contributed by atoms with E-state index in [0.29, 0.717) is 6.04 Å². The largest absolute Gasteiger partial charge is 0.481 e. The summed E-state index contributed by atoms with van der Waals surface area (Å²) >= 11 is 0. The summed E-state index contributed by atoms with van der Waals surface area (Å²) in [6, 6.07) is 0.865. The fourth-order valence-corrected chi connectivity index (χ4v) is 2.96. The Kier molecular flexibility index (Phi) is 3.82. The van der Waals surface area contributed by atoms with Gasteiger partial charge in [-0.25, -0.2) is 0 Å². The molecule has 2 fully saturated rings. The SMILES string of the molecule is CC(CC(=O)O)N1CCC(N2CCCC2)C1. The van der Waals surface area contributed by atoms with Gasteiger partial charge in [0, 0.05) is 25.2 Å². The quantitative estimate of drug-likeness (QED) is 0.777. The predicted molar refractivity (Wildman–Crippen MR) is 62.5 cm³/mol. The van der Waals surface area contributed by atoms with E-state index in [2.05, 4.69) is 9.80 Å². The lowest BCUT2D eigenvalue weighted by atomic mass is 10.2. The van der Waals surface area contributed by atoms with Crippen molar-refractivity contribution in [2.45, 2.75) is 44.7 Å². The maximum Gasteiger partial charge on any atom is 0.304 e. The fraction of sp³-hybridized carbons (Fsp3) is 0.917. The second kappa shape index (κ2) is 5.15. The van der Waals surface area contributed by atoms with Crippen molar-refractivity contribution in [2.75, 3.05) is 26.2 Å². The number of hydrogen-bond acceptors (Lipinski definition) is 3. The van der Waals surface area contributed by atoms with E-state index in [1.54, 1.807) is 0 Å². The summed E-state index contributed by atoms with van der Waals surface area (Å²) in [6.45, 7) is 6.64. The third kappa shape index (κ3) is 2.74. The van der Waals surface area contributed by atoms with Crippen LogP contribution in [0.1, 0.15) is 32.6 Å². The minimum atomic E-state index is -0.683. The van der Waals surface area contributed by atoms with Crippen LogP contribution in [-0.4, -0.2) is 59.1 Å². The number of aliphatic carboxylic acids is 1. The van der Waals surface area contributed by atoms with Crippen LogP contribution in [0.5, 0.6) is 0 Å². The minimum absolute atomic E-state index is 0.185. The normalized spacial score (nSPS) is 29.7. The van der Waals surface area contributed by atoms with Gasteiger partial charge >= 0.3 is 5.97 Å². The van der Waals surface area contributed by atoms with Crippen molar-refractivity contribution in [1.29, 1.82) is 0 Å². The van der Waals surface area contributed by atoms with Crippen LogP contribution in [0.25, 0.3) is 0 Å². The van der Waals surface area contributed by atoms with Gasteiger partial charge in [0.25, 0.3) is 0 Å². The molecule has 2 rings (SSSR count). The van der Waals surface area contributed by atoms with Crippen molar-refractivity contribution in [3.8, 4) is 0 Å². The Bertz CT molecular complexity index is 251. The Labute approximate surface area is 97.2 Å². The van der Waals surface area contributed by atoms with E-state index in [9.17, 15) is 4.79 Å². The molecule has 2 saturated heterocycles. The van der Waals surface area contributed by atoms with Gasteiger partial charge in [0.1, 0.15) is 0 Å². The first kappa shape index (κ1) is 11.9. The summed E-state index contributed by atoms with van der Waals surface area (Å²) in [5, 5.41) is 8.78. The standard InChI is InChI=1S/C12H22N2O2/c1-10(8-12(15)16)14-7-4-11(9-14)13-5-2-3-6-13/h10-11H,2-9H2,1H3,(H,15,16). The maximum absolute atomic E-state index is 10.7.